The van der Waals surface area contributed by atoms with Crippen molar-refractivity contribution in [1.82, 2.24) is 5.32 Å². The highest BCUT2D eigenvalue weighted by Gasteiger charge is 2.45. The van der Waals surface area contributed by atoms with Crippen molar-refractivity contribution >= 4 is 40.9 Å². The summed E-state index contributed by atoms with van der Waals surface area (Å²) in [5.74, 6) is 0.967. The highest BCUT2D eigenvalue weighted by Crippen LogP contribution is 2.50. The van der Waals surface area contributed by atoms with Gasteiger partial charge in [-0.2, -0.15) is 11.8 Å². The molecule has 116 valence electrons. The molecule has 3 atom stereocenters. The molecule has 1 aliphatic carbocycles. The summed E-state index contributed by atoms with van der Waals surface area (Å²) in [7, 11) is 0. The summed E-state index contributed by atoms with van der Waals surface area (Å²) < 4.78 is 0. The second-order valence-electron chi connectivity index (χ2n) is 5.26. The van der Waals surface area contributed by atoms with Crippen LogP contribution >= 0.6 is 35.0 Å². The van der Waals surface area contributed by atoms with Gasteiger partial charge >= 0.3 is 0 Å². The van der Waals surface area contributed by atoms with Crippen LogP contribution in [0.2, 0.25) is 10.0 Å². The van der Waals surface area contributed by atoms with Crippen molar-refractivity contribution in [2.45, 2.75) is 24.8 Å². The molecule has 3 nitrogen and oxygen atoms in total. The van der Waals surface area contributed by atoms with Gasteiger partial charge in [-0.25, -0.2) is 0 Å². The molecule has 1 aromatic rings. The van der Waals surface area contributed by atoms with Gasteiger partial charge in [0.25, 0.3) is 0 Å². The number of nitrogens with one attached hydrogen (secondary N) is 1. The standard InChI is InChI=1S/C15H19Cl2NO2S/c1-21-8-9(5-6-19)18-15(20)12-7-11(12)10-3-2-4-13(16)14(10)17/h2-4,9,11-12,19H,5-8H2,1H3,(H,18,20). The number of aliphatic hydroxyl groups is 1. The summed E-state index contributed by atoms with van der Waals surface area (Å²) in [6.07, 6.45) is 3.38. The summed E-state index contributed by atoms with van der Waals surface area (Å²) >= 11 is 13.9. The van der Waals surface area contributed by atoms with Gasteiger partial charge in [-0.15, -0.1) is 0 Å². The third-order valence-electron chi connectivity index (χ3n) is 3.70. The second-order valence-corrected chi connectivity index (χ2v) is 6.96. The lowest BCUT2D eigenvalue weighted by molar-refractivity contribution is -0.123. The summed E-state index contributed by atoms with van der Waals surface area (Å²) in [5, 5.41) is 13.1. The monoisotopic (exact) mass is 347 g/mol. The molecule has 0 heterocycles. The number of hydrogen-bond donors (Lipinski definition) is 2. The topological polar surface area (TPSA) is 49.3 Å². The van der Waals surface area contributed by atoms with Crippen molar-refractivity contribution in [2.75, 3.05) is 18.6 Å². The molecule has 0 aromatic heterocycles. The lowest BCUT2D eigenvalue weighted by Crippen LogP contribution is -2.38. The minimum absolute atomic E-state index is 0.0218. The molecule has 1 fully saturated rings. The molecule has 0 saturated heterocycles. The van der Waals surface area contributed by atoms with Gasteiger partial charge in [0.1, 0.15) is 0 Å². The average Bonchev–Trinajstić information content (AvgIpc) is 3.23. The van der Waals surface area contributed by atoms with Crippen LogP contribution in [0.3, 0.4) is 0 Å². The minimum atomic E-state index is -0.0379. The van der Waals surface area contributed by atoms with Crippen LogP contribution in [0.15, 0.2) is 18.2 Å². The van der Waals surface area contributed by atoms with E-state index in [9.17, 15) is 4.79 Å². The molecule has 1 aliphatic rings. The Morgan fingerprint density at radius 2 is 2.29 bits per heavy atom. The lowest BCUT2D eigenvalue weighted by atomic mass is 10.1. The molecular weight excluding hydrogens is 329 g/mol. The van der Waals surface area contributed by atoms with Crippen LogP contribution in [-0.2, 0) is 4.79 Å². The van der Waals surface area contributed by atoms with E-state index in [-0.39, 0.29) is 30.4 Å². The molecule has 1 aromatic carbocycles. The number of rotatable bonds is 7. The van der Waals surface area contributed by atoms with E-state index in [1.54, 1.807) is 17.8 Å². The zero-order valence-corrected chi connectivity index (χ0v) is 14.1. The Kier molecular flexibility index (Phi) is 6.23. The lowest BCUT2D eigenvalue weighted by Gasteiger charge is -2.16. The van der Waals surface area contributed by atoms with E-state index in [2.05, 4.69) is 5.32 Å². The molecule has 0 radical (unpaired) electrons. The predicted molar refractivity (Wildman–Crippen MR) is 89.3 cm³/mol. The van der Waals surface area contributed by atoms with Gasteiger partial charge < -0.3 is 10.4 Å². The van der Waals surface area contributed by atoms with Crippen LogP contribution < -0.4 is 5.32 Å². The smallest absolute Gasteiger partial charge is 0.223 e. The van der Waals surface area contributed by atoms with Crippen LogP contribution in [-0.4, -0.2) is 35.7 Å². The average molecular weight is 348 g/mol. The van der Waals surface area contributed by atoms with Gasteiger partial charge in [-0.05, 0) is 36.6 Å². The largest absolute Gasteiger partial charge is 0.396 e. The zero-order valence-electron chi connectivity index (χ0n) is 11.8. The fourth-order valence-electron chi connectivity index (χ4n) is 2.50. The fourth-order valence-corrected chi connectivity index (χ4v) is 3.60. The molecule has 2 N–H and O–H groups in total. The number of carbonyl (C=O) groups excluding carboxylic acids is 1. The van der Waals surface area contributed by atoms with Crippen LogP contribution in [0.4, 0.5) is 0 Å². The molecule has 1 saturated carbocycles. The van der Waals surface area contributed by atoms with Gasteiger partial charge in [-0.1, -0.05) is 35.3 Å². The number of amides is 1. The number of aliphatic hydroxyl groups excluding tert-OH is 1. The van der Waals surface area contributed by atoms with Crippen molar-refractivity contribution in [3.8, 4) is 0 Å². The SMILES string of the molecule is CSCC(CCO)NC(=O)C1CC1c1cccc(Cl)c1Cl. The predicted octanol–water partition coefficient (Wildman–Crippen LogP) is 3.33. The Hall–Kier alpha value is -0.420. The van der Waals surface area contributed by atoms with Gasteiger partial charge in [0, 0.05) is 24.3 Å². The number of thioether (sulfide) groups is 1. The first kappa shape index (κ1) is 16.9. The van der Waals surface area contributed by atoms with E-state index in [4.69, 9.17) is 28.3 Å². The normalized spacial score (nSPS) is 21.9. The maximum absolute atomic E-state index is 12.3. The molecule has 6 heteroatoms. The highest BCUT2D eigenvalue weighted by atomic mass is 35.5. The second kappa shape index (κ2) is 7.73. The van der Waals surface area contributed by atoms with Gasteiger partial charge in [-0.3, -0.25) is 4.79 Å². The molecule has 0 bridgehead atoms. The van der Waals surface area contributed by atoms with Crippen LogP contribution in [0.5, 0.6) is 0 Å². The van der Waals surface area contributed by atoms with Gasteiger partial charge in [0.2, 0.25) is 5.91 Å². The van der Waals surface area contributed by atoms with E-state index < -0.39 is 0 Å². The summed E-state index contributed by atoms with van der Waals surface area (Å²) in [6, 6.07) is 5.56. The van der Waals surface area contributed by atoms with Crippen molar-refractivity contribution in [3.05, 3.63) is 33.8 Å². The highest BCUT2D eigenvalue weighted by molar-refractivity contribution is 7.98. The zero-order chi connectivity index (χ0) is 15.4. The van der Waals surface area contributed by atoms with E-state index in [1.165, 1.54) is 0 Å². The number of halogens is 2. The van der Waals surface area contributed by atoms with Crippen LogP contribution in [0.25, 0.3) is 0 Å². The van der Waals surface area contributed by atoms with E-state index >= 15 is 0 Å². The third kappa shape index (κ3) is 4.28. The van der Waals surface area contributed by atoms with Crippen molar-refractivity contribution in [3.63, 3.8) is 0 Å². The molecule has 0 spiro atoms. The van der Waals surface area contributed by atoms with Crippen molar-refractivity contribution < 1.29 is 9.90 Å². The Balaban J connectivity index is 1.96. The molecule has 0 aliphatic heterocycles. The van der Waals surface area contributed by atoms with Crippen LogP contribution in [0, 0.1) is 5.92 Å². The first-order valence-electron chi connectivity index (χ1n) is 6.92. The first-order valence-corrected chi connectivity index (χ1v) is 9.07. The third-order valence-corrected chi connectivity index (χ3v) is 5.27. The summed E-state index contributed by atoms with van der Waals surface area (Å²) in [6.45, 7) is 0.0831. The Bertz CT molecular complexity index is 506. The number of hydrogen-bond acceptors (Lipinski definition) is 3. The molecule has 3 unspecified atom stereocenters. The Morgan fingerprint density at radius 3 is 2.95 bits per heavy atom. The fraction of sp³-hybridized carbons (Fsp3) is 0.533. The van der Waals surface area contributed by atoms with Gasteiger partial charge in [0.15, 0.2) is 0 Å². The van der Waals surface area contributed by atoms with E-state index in [1.807, 2.05) is 18.4 Å². The van der Waals surface area contributed by atoms with E-state index in [0.717, 1.165) is 17.7 Å². The Morgan fingerprint density at radius 1 is 1.52 bits per heavy atom. The maximum atomic E-state index is 12.3. The maximum Gasteiger partial charge on any atom is 0.223 e. The summed E-state index contributed by atoms with van der Waals surface area (Å²) in [5.41, 5.74) is 0.952. The van der Waals surface area contributed by atoms with Crippen molar-refractivity contribution in [2.24, 2.45) is 5.92 Å². The molecule has 2 rings (SSSR count). The first-order chi connectivity index (χ1) is 10.1. The minimum Gasteiger partial charge on any atom is -0.396 e. The van der Waals surface area contributed by atoms with Crippen molar-refractivity contribution in [1.29, 1.82) is 0 Å². The number of carbonyl (C=O) groups is 1. The van der Waals surface area contributed by atoms with Crippen LogP contribution in [0.1, 0.15) is 24.3 Å². The molecule has 1 amide bonds. The summed E-state index contributed by atoms with van der Waals surface area (Å²) in [4.78, 5) is 12.3. The number of benzene rings is 1. The van der Waals surface area contributed by atoms with E-state index in [0.29, 0.717) is 16.5 Å². The Labute approximate surface area is 139 Å². The van der Waals surface area contributed by atoms with Gasteiger partial charge in [0.05, 0.1) is 10.0 Å². The molecular formula is C15H19Cl2NO2S. The quantitative estimate of drug-likeness (QED) is 0.795. The molecule has 21 heavy (non-hydrogen) atoms.